The van der Waals surface area contributed by atoms with Gasteiger partial charge >= 0.3 is 10.8 Å². The lowest BCUT2D eigenvalue weighted by Gasteiger charge is -2.09. The fourth-order valence-electron chi connectivity index (χ4n) is 1.41. The van der Waals surface area contributed by atoms with Crippen molar-refractivity contribution in [3.05, 3.63) is 11.2 Å². The van der Waals surface area contributed by atoms with Crippen molar-refractivity contribution in [1.82, 2.24) is 9.61 Å². The molecule has 0 fully saturated rings. The highest BCUT2D eigenvalue weighted by Gasteiger charge is 2.26. The lowest BCUT2D eigenvalue weighted by atomic mass is 10.3. The van der Waals surface area contributed by atoms with Crippen LogP contribution in [0, 0.1) is 0 Å². The summed E-state index contributed by atoms with van der Waals surface area (Å²) in [5.74, 6) is 6.34. The van der Waals surface area contributed by atoms with Crippen molar-refractivity contribution < 1.29 is 19.0 Å². The van der Waals surface area contributed by atoms with Crippen LogP contribution < -0.4 is 20.8 Å². The highest BCUT2D eigenvalue weighted by Crippen LogP contribution is 2.29. The van der Waals surface area contributed by atoms with Crippen LogP contribution in [0.15, 0.2) is 5.38 Å². The van der Waals surface area contributed by atoms with Crippen LogP contribution in [0.25, 0.3) is 4.96 Å². The molecule has 0 aromatic carbocycles. The van der Waals surface area contributed by atoms with Crippen LogP contribution in [-0.2, 0) is 11.0 Å². The third-order valence-electron chi connectivity index (χ3n) is 2.13. The Kier molecular flexibility index (Phi) is 2.75. The first-order valence-corrected chi connectivity index (χ1v) is 7.11. The first kappa shape index (κ1) is 11.5. The zero-order chi connectivity index (χ0) is 11.9. The predicted octanol–water partition coefficient (Wildman–Crippen LogP) is -1.48. The van der Waals surface area contributed by atoms with Gasteiger partial charge in [-0.25, -0.2) is 0 Å². The number of thiazole rings is 1. The fraction of sp³-hybridized carbons (Fsp3) is 0.429. The number of hydrogen-bond acceptors (Lipinski definition) is 5. The fourth-order valence-corrected chi connectivity index (χ4v) is 3.32. The summed E-state index contributed by atoms with van der Waals surface area (Å²) in [5, 5.41) is 5.38. The van der Waals surface area contributed by atoms with E-state index in [2.05, 4.69) is 5.10 Å². The molecule has 16 heavy (non-hydrogen) atoms. The first-order chi connectivity index (χ1) is 7.45. The summed E-state index contributed by atoms with van der Waals surface area (Å²) < 4.78 is 13.6. The van der Waals surface area contributed by atoms with Crippen LogP contribution >= 0.6 is 18.9 Å². The van der Waals surface area contributed by atoms with Crippen LogP contribution in [0.5, 0.6) is 0 Å². The average Bonchev–Trinajstić information content (AvgIpc) is 2.68. The van der Waals surface area contributed by atoms with Crippen molar-refractivity contribution in [1.29, 1.82) is 0 Å². The Morgan fingerprint density at radius 1 is 1.81 bits per heavy atom. The number of aryl methyl sites for hydroxylation is 1. The summed E-state index contributed by atoms with van der Waals surface area (Å²) in [5.41, 5.74) is -0.228. The van der Waals surface area contributed by atoms with E-state index in [9.17, 15) is 9.46 Å². The Balaban J connectivity index is 2.64. The number of nitrogens with two attached hydrogens (primary N) is 1. The quantitative estimate of drug-likeness (QED) is 0.398. The van der Waals surface area contributed by atoms with Gasteiger partial charge in [0.05, 0.1) is 0 Å². The lowest BCUT2D eigenvalue weighted by Crippen LogP contribution is -2.46. The highest BCUT2D eigenvalue weighted by atomic mass is 32.1. The highest BCUT2D eigenvalue weighted by molar-refractivity contribution is 7.59. The molecule has 0 bridgehead atoms. The summed E-state index contributed by atoms with van der Waals surface area (Å²) in [6.45, 7) is 1.97. The minimum atomic E-state index is -4.55. The SMILES string of the molecule is CCCc1nn2c(P(=O)([O-])O)csc2[n+]1N. The zero-order valence-corrected chi connectivity index (χ0v) is 10.2. The topological polar surface area (TPSA) is 108 Å². The summed E-state index contributed by atoms with van der Waals surface area (Å²) >= 11 is 1.12. The van der Waals surface area contributed by atoms with E-state index >= 15 is 0 Å². The van der Waals surface area contributed by atoms with Crippen molar-refractivity contribution >= 4 is 29.3 Å². The van der Waals surface area contributed by atoms with Crippen molar-refractivity contribution in [2.45, 2.75) is 19.8 Å². The summed E-state index contributed by atoms with van der Waals surface area (Å²) in [4.78, 5) is 20.5. The molecule has 1 atom stereocenters. The zero-order valence-electron chi connectivity index (χ0n) is 8.53. The molecule has 1 unspecified atom stereocenters. The largest absolute Gasteiger partial charge is 0.773 e. The second kappa shape index (κ2) is 3.81. The molecule has 0 spiro atoms. The molecule has 2 aromatic heterocycles. The Labute approximate surface area is 95.3 Å². The van der Waals surface area contributed by atoms with E-state index in [4.69, 9.17) is 10.7 Å². The standard InChI is InChI=1S/C7H11N4O3PS/c1-2-3-5-9-11-6(15(12,13)14)4-16-7(11)10(5)8/h4H,2-3,8H2,1H3,(H-,12,13,14). The molecule has 88 valence electrons. The molecular formula is C7H11N4O3PS. The van der Waals surface area contributed by atoms with Crippen molar-refractivity contribution in [3.8, 4) is 0 Å². The van der Waals surface area contributed by atoms with Crippen LogP contribution in [0.2, 0.25) is 0 Å². The molecule has 0 saturated carbocycles. The van der Waals surface area contributed by atoms with Crippen LogP contribution in [-0.4, -0.2) is 14.5 Å². The molecule has 0 saturated heterocycles. The molecule has 9 heteroatoms. The van der Waals surface area contributed by atoms with Crippen molar-refractivity contribution in [2.24, 2.45) is 0 Å². The van der Waals surface area contributed by atoms with Gasteiger partial charge in [0, 0.05) is 16.9 Å². The number of nitrogen functional groups attached to an aromatic ring is 1. The maximum Gasteiger partial charge on any atom is 0.346 e. The molecule has 0 amide bonds. The van der Waals surface area contributed by atoms with E-state index in [0.29, 0.717) is 17.2 Å². The summed E-state index contributed by atoms with van der Waals surface area (Å²) in [6, 6.07) is 0. The van der Waals surface area contributed by atoms with Crippen LogP contribution in [0.4, 0.5) is 0 Å². The molecule has 0 aliphatic rings. The molecule has 3 N–H and O–H groups in total. The number of nitrogens with zero attached hydrogens (tertiary/aromatic N) is 3. The van der Waals surface area contributed by atoms with E-state index in [1.165, 1.54) is 10.1 Å². The average molecular weight is 262 g/mol. The molecule has 0 radical (unpaired) electrons. The minimum Gasteiger partial charge on any atom is -0.773 e. The third-order valence-corrected chi connectivity index (χ3v) is 4.12. The summed E-state index contributed by atoms with van der Waals surface area (Å²) in [7, 11) is -4.55. The van der Waals surface area contributed by atoms with Crippen LogP contribution in [0.3, 0.4) is 0 Å². The van der Waals surface area contributed by atoms with E-state index in [1.54, 1.807) is 0 Å². The molecular weight excluding hydrogens is 251 g/mol. The molecule has 2 heterocycles. The predicted molar refractivity (Wildman–Crippen MR) is 56.9 cm³/mol. The smallest absolute Gasteiger partial charge is 0.346 e. The Morgan fingerprint density at radius 2 is 2.50 bits per heavy atom. The molecule has 2 rings (SSSR count). The minimum absolute atomic E-state index is 0.228. The van der Waals surface area contributed by atoms with E-state index in [1.807, 2.05) is 6.92 Å². The van der Waals surface area contributed by atoms with E-state index < -0.39 is 7.60 Å². The van der Waals surface area contributed by atoms with E-state index in [0.717, 1.165) is 22.3 Å². The van der Waals surface area contributed by atoms with Gasteiger partial charge in [-0.05, 0) is 6.42 Å². The monoisotopic (exact) mass is 262 g/mol. The van der Waals surface area contributed by atoms with Crippen molar-refractivity contribution in [3.63, 3.8) is 0 Å². The van der Waals surface area contributed by atoms with Gasteiger partial charge in [-0.3, -0.25) is 5.84 Å². The molecule has 7 nitrogen and oxygen atoms in total. The molecule has 0 aliphatic heterocycles. The van der Waals surface area contributed by atoms with Gasteiger partial charge in [-0.2, -0.15) is 0 Å². The van der Waals surface area contributed by atoms with Gasteiger partial charge in [0.15, 0.2) is 7.60 Å². The normalized spacial score (nSPS) is 15.4. The lowest BCUT2D eigenvalue weighted by molar-refractivity contribution is -0.618. The van der Waals surface area contributed by atoms with Gasteiger partial charge in [0.1, 0.15) is 0 Å². The van der Waals surface area contributed by atoms with Gasteiger partial charge in [-0.1, -0.05) is 22.8 Å². The van der Waals surface area contributed by atoms with Gasteiger partial charge in [0.2, 0.25) is 5.44 Å². The Bertz CT molecular complexity index is 571. The number of aromatic nitrogens is 3. The first-order valence-electron chi connectivity index (χ1n) is 4.65. The number of fused-ring (bicyclic) bond motifs is 1. The van der Waals surface area contributed by atoms with Gasteiger partial charge in [-0.15, -0.1) is 4.68 Å². The molecule has 0 aliphatic carbocycles. The third kappa shape index (κ3) is 1.73. The Morgan fingerprint density at radius 3 is 3.06 bits per heavy atom. The van der Waals surface area contributed by atoms with Crippen molar-refractivity contribution in [2.75, 3.05) is 5.84 Å². The van der Waals surface area contributed by atoms with Crippen LogP contribution in [0.1, 0.15) is 19.2 Å². The van der Waals surface area contributed by atoms with Gasteiger partial charge < -0.3 is 14.4 Å². The second-order valence-corrected chi connectivity index (χ2v) is 5.68. The maximum absolute atomic E-state index is 11.1. The van der Waals surface area contributed by atoms with E-state index in [-0.39, 0.29) is 5.44 Å². The number of rotatable bonds is 3. The number of hydrogen-bond donors (Lipinski definition) is 2. The van der Waals surface area contributed by atoms with Gasteiger partial charge in [0.25, 0.3) is 0 Å². The second-order valence-electron chi connectivity index (χ2n) is 3.34. The maximum atomic E-state index is 11.1. The Hall–Kier alpha value is -0.950. The summed E-state index contributed by atoms with van der Waals surface area (Å²) in [6.07, 6.45) is 1.50. The molecule has 2 aromatic rings.